The van der Waals surface area contributed by atoms with Gasteiger partial charge in [0, 0.05) is 0 Å². The van der Waals surface area contributed by atoms with Crippen LogP contribution in [-0.4, -0.2) is 55.5 Å². The number of benzene rings is 1. The summed E-state index contributed by atoms with van der Waals surface area (Å²) in [5.41, 5.74) is 0.801. The van der Waals surface area contributed by atoms with Crippen LogP contribution >= 0.6 is 11.7 Å². The summed E-state index contributed by atoms with van der Waals surface area (Å²) >= 11 is 3.23. The van der Waals surface area contributed by atoms with Gasteiger partial charge in [0.25, 0.3) is 0 Å². The standard InChI is InChI=1S/C7H8O3S2.Na.H2O4S.H/c8-12(9,11)10-6-7-4-2-1-3-5-7;;1-5(2,3)4;/h1-5H,6H2,(H,8,9,11);;(H2,1,2,3,4);. The molecule has 0 unspecified atom stereocenters. The molecule has 0 aliphatic rings. The minimum absolute atomic E-state index is 0. The maximum atomic E-state index is 10.4. The Balaban J connectivity index is 0. The van der Waals surface area contributed by atoms with Gasteiger partial charge in [-0.05, 0) is 17.2 Å². The van der Waals surface area contributed by atoms with Crippen LogP contribution in [0.15, 0.2) is 30.3 Å². The third kappa shape index (κ3) is 18.7. The third-order valence-corrected chi connectivity index (χ3v) is 1.95. The Kier molecular flexibility index (Phi) is 10.7. The number of hydrogen-bond donors (Lipinski definition) is 3. The van der Waals surface area contributed by atoms with Crippen LogP contribution in [0, 0.1) is 0 Å². The summed E-state index contributed by atoms with van der Waals surface area (Å²) in [5, 5.41) is 0. The molecular weight excluding hydrogens is 315 g/mol. The van der Waals surface area contributed by atoms with E-state index < -0.39 is 19.5 Å². The predicted octanol–water partition coefficient (Wildman–Crippen LogP) is 0.0765. The molecule has 0 saturated carbocycles. The monoisotopic (exact) mass is 326 g/mol. The first-order chi connectivity index (χ1) is 7.58. The molecule has 0 amide bonds. The maximum absolute atomic E-state index is 10.4. The van der Waals surface area contributed by atoms with E-state index in [2.05, 4.69) is 15.8 Å². The molecule has 0 bridgehead atoms. The van der Waals surface area contributed by atoms with Crippen molar-refractivity contribution < 1.29 is 30.1 Å². The first-order valence-electron chi connectivity index (χ1n) is 3.93. The van der Waals surface area contributed by atoms with Gasteiger partial charge in [-0.15, -0.1) is 0 Å². The SMILES string of the molecule is O=S(=O)(O)O.O=S(=O)(S)OCc1ccccc1.[NaH]. The van der Waals surface area contributed by atoms with E-state index in [1.54, 1.807) is 12.1 Å². The van der Waals surface area contributed by atoms with Gasteiger partial charge < -0.3 is 0 Å². The van der Waals surface area contributed by atoms with E-state index in [4.69, 9.17) is 17.5 Å². The zero-order chi connectivity index (χ0) is 13.5. The molecule has 0 aromatic heterocycles. The average molecular weight is 326 g/mol. The first kappa shape index (κ1) is 20.7. The summed E-state index contributed by atoms with van der Waals surface area (Å²) in [5.74, 6) is 0. The number of rotatable bonds is 3. The van der Waals surface area contributed by atoms with Crippen LogP contribution in [0.3, 0.4) is 0 Å². The Morgan fingerprint density at radius 1 is 1.06 bits per heavy atom. The van der Waals surface area contributed by atoms with Crippen molar-refractivity contribution in [1.82, 2.24) is 0 Å². The van der Waals surface area contributed by atoms with Crippen molar-refractivity contribution in [2.45, 2.75) is 6.61 Å². The van der Waals surface area contributed by atoms with E-state index in [0.717, 1.165) is 5.56 Å². The fraction of sp³-hybridized carbons (Fsp3) is 0.143. The van der Waals surface area contributed by atoms with Crippen LogP contribution in [-0.2, 0) is 30.3 Å². The third-order valence-electron chi connectivity index (χ3n) is 1.22. The second-order valence-electron chi connectivity index (χ2n) is 2.62. The van der Waals surface area contributed by atoms with Gasteiger partial charge >= 0.3 is 49.1 Å². The van der Waals surface area contributed by atoms with E-state index in [9.17, 15) is 8.42 Å². The Morgan fingerprint density at radius 2 is 1.44 bits per heavy atom. The molecule has 0 aliphatic carbocycles. The summed E-state index contributed by atoms with van der Waals surface area (Å²) in [4.78, 5) is 0. The van der Waals surface area contributed by atoms with Gasteiger partial charge in [0.1, 0.15) is 0 Å². The molecule has 18 heavy (non-hydrogen) atoms. The van der Waals surface area contributed by atoms with E-state index in [0.29, 0.717) is 0 Å². The molecule has 1 aromatic carbocycles. The van der Waals surface area contributed by atoms with Crippen molar-refractivity contribution in [2.24, 2.45) is 0 Å². The van der Waals surface area contributed by atoms with Gasteiger partial charge in [0.05, 0.1) is 6.61 Å². The molecule has 2 N–H and O–H groups in total. The fourth-order valence-electron chi connectivity index (χ4n) is 0.717. The topological polar surface area (TPSA) is 118 Å². The second-order valence-corrected chi connectivity index (χ2v) is 5.95. The van der Waals surface area contributed by atoms with E-state index in [1.165, 1.54) is 0 Å². The molecule has 11 heteroatoms. The quantitative estimate of drug-likeness (QED) is 0.311. The van der Waals surface area contributed by atoms with Crippen LogP contribution in [0.2, 0.25) is 0 Å². The minimum atomic E-state index is -4.67. The van der Waals surface area contributed by atoms with Crippen LogP contribution < -0.4 is 0 Å². The van der Waals surface area contributed by atoms with E-state index in [-0.39, 0.29) is 36.2 Å². The van der Waals surface area contributed by atoms with E-state index >= 15 is 0 Å². The van der Waals surface area contributed by atoms with Crippen molar-refractivity contribution in [2.75, 3.05) is 0 Å². The summed E-state index contributed by atoms with van der Waals surface area (Å²) < 4.78 is 56.9. The summed E-state index contributed by atoms with van der Waals surface area (Å²) in [6, 6.07) is 9.02. The summed E-state index contributed by atoms with van der Waals surface area (Å²) in [6.07, 6.45) is 0. The Bertz CT molecular complexity index is 517. The zero-order valence-corrected chi connectivity index (χ0v) is 10.8. The normalized spacial score (nSPS) is 10.8. The van der Waals surface area contributed by atoms with Gasteiger partial charge in [-0.1, -0.05) is 30.3 Å². The number of hydrogen-bond acceptors (Lipinski definition) is 5. The molecular formula is C7H11NaO7S3. The van der Waals surface area contributed by atoms with Crippen LogP contribution in [0.25, 0.3) is 0 Å². The molecule has 0 atom stereocenters. The molecule has 0 aliphatic heterocycles. The van der Waals surface area contributed by atoms with Crippen molar-refractivity contribution in [3.05, 3.63) is 35.9 Å². The molecule has 0 radical (unpaired) electrons. The van der Waals surface area contributed by atoms with Crippen molar-refractivity contribution >= 4 is 60.8 Å². The van der Waals surface area contributed by atoms with Gasteiger partial charge in [0.15, 0.2) is 0 Å². The molecule has 100 valence electrons. The predicted molar refractivity (Wildman–Crippen MR) is 70.5 cm³/mol. The second kappa shape index (κ2) is 9.28. The molecule has 0 heterocycles. The van der Waals surface area contributed by atoms with Crippen LogP contribution in [0.5, 0.6) is 0 Å². The molecule has 0 fully saturated rings. The first-order valence-corrected chi connectivity index (χ1v) is 7.79. The van der Waals surface area contributed by atoms with Gasteiger partial charge in [-0.25, -0.2) is 0 Å². The molecule has 7 nitrogen and oxygen atoms in total. The molecule has 0 saturated heterocycles. The van der Waals surface area contributed by atoms with Crippen molar-refractivity contribution in [1.29, 1.82) is 0 Å². The van der Waals surface area contributed by atoms with Crippen molar-refractivity contribution in [3.8, 4) is 0 Å². The molecule has 1 aromatic rings. The fourth-order valence-corrected chi connectivity index (χ4v) is 1.16. The van der Waals surface area contributed by atoms with Crippen molar-refractivity contribution in [3.63, 3.8) is 0 Å². The van der Waals surface area contributed by atoms with Gasteiger partial charge in [-0.2, -0.15) is 16.8 Å². The summed E-state index contributed by atoms with van der Waals surface area (Å²) in [7, 11) is -8.29. The van der Waals surface area contributed by atoms with Gasteiger partial charge in [-0.3, -0.25) is 13.3 Å². The number of thiol groups is 1. The summed E-state index contributed by atoms with van der Waals surface area (Å²) in [6.45, 7) is 0.0344. The van der Waals surface area contributed by atoms with Crippen LogP contribution in [0.1, 0.15) is 5.56 Å². The zero-order valence-electron chi connectivity index (χ0n) is 8.29. The van der Waals surface area contributed by atoms with Crippen LogP contribution in [0.4, 0.5) is 0 Å². The Hall–Kier alpha value is 0.350. The molecule has 1 rings (SSSR count). The van der Waals surface area contributed by atoms with E-state index in [1.807, 2.05) is 18.2 Å². The average Bonchev–Trinajstić information content (AvgIpc) is 2.13. The molecule has 0 spiro atoms. The Labute approximate surface area is 132 Å². The Morgan fingerprint density at radius 3 is 1.78 bits per heavy atom. The van der Waals surface area contributed by atoms with Gasteiger partial charge in [0.2, 0.25) is 0 Å².